The predicted octanol–water partition coefficient (Wildman–Crippen LogP) is 4.22. The maximum Gasteiger partial charge on any atom is 0.255 e. The molecule has 4 rings (SSSR count). The minimum atomic E-state index is -0.185. The van der Waals surface area contributed by atoms with Gasteiger partial charge < -0.3 is 10.1 Å². The lowest BCUT2D eigenvalue weighted by atomic mass is 10.1. The number of hydrogen-bond acceptors (Lipinski definition) is 4. The van der Waals surface area contributed by atoms with Crippen molar-refractivity contribution in [3.63, 3.8) is 0 Å². The minimum Gasteiger partial charge on any atom is -0.495 e. The lowest BCUT2D eigenvalue weighted by Crippen LogP contribution is -2.12. The molecule has 6 nitrogen and oxygen atoms in total. The van der Waals surface area contributed by atoms with Gasteiger partial charge in [0.2, 0.25) is 5.78 Å². The Bertz CT molecular complexity index is 1100. The third-order valence-corrected chi connectivity index (χ3v) is 4.60. The van der Waals surface area contributed by atoms with Crippen LogP contribution in [-0.4, -0.2) is 27.4 Å². The van der Waals surface area contributed by atoms with E-state index in [1.165, 1.54) is 5.56 Å². The van der Waals surface area contributed by atoms with Crippen LogP contribution in [0.3, 0.4) is 0 Å². The fraction of sp³-hybridized carbons (Fsp3) is 0.136. The summed E-state index contributed by atoms with van der Waals surface area (Å²) in [5.41, 5.74) is 4.01. The van der Waals surface area contributed by atoms with Gasteiger partial charge in [-0.1, -0.05) is 19.1 Å². The topological polar surface area (TPSA) is 68.5 Å². The summed E-state index contributed by atoms with van der Waals surface area (Å²) in [5, 5.41) is 2.94. The van der Waals surface area contributed by atoms with Crippen LogP contribution in [0.4, 0.5) is 5.69 Å². The summed E-state index contributed by atoms with van der Waals surface area (Å²) in [4.78, 5) is 21.5. The zero-order valence-electron chi connectivity index (χ0n) is 15.7. The SMILES string of the molecule is CCc1ccc(C(=O)Nc2cc(-c3cn4cccnc4n3)ccc2OC)cc1. The number of nitrogens with one attached hydrogen (secondary N) is 1. The third kappa shape index (κ3) is 3.44. The molecule has 0 unspecified atom stereocenters. The van der Waals surface area contributed by atoms with Gasteiger partial charge in [-0.05, 0) is 48.4 Å². The van der Waals surface area contributed by atoms with Crippen molar-refractivity contribution in [2.45, 2.75) is 13.3 Å². The van der Waals surface area contributed by atoms with Gasteiger partial charge in [0.25, 0.3) is 5.91 Å². The van der Waals surface area contributed by atoms with E-state index in [-0.39, 0.29) is 5.91 Å². The first-order chi connectivity index (χ1) is 13.7. The van der Waals surface area contributed by atoms with E-state index in [4.69, 9.17) is 4.74 Å². The molecule has 0 aliphatic heterocycles. The van der Waals surface area contributed by atoms with Crippen LogP contribution in [0, 0.1) is 0 Å². The lowest BCUT2D eigenvalue weighted by Gasteiger charge is -2.12. The summed E-state index contributed by atoms with van der Waals surface area (Å²) in [6, 6.07) is 15.0. The number of benzene rings is 2. The number of ether oxygens (including phenoxy) is 1. The highest BCUT2D eigenvalue weighted by Crippen LogP contribution is 2.30. The monoisotopic (exact) mass is 372 g/mol. The van der Waals surface area contributed by atoms with Crippen LogP contribution in [0.25, 0.3) is 17.0 Å². The number of fused-ring (bicyclic) bond motifs is 1. The second kappa shape index (κ2) is 7.52. The average molecular weight is 372 g/mol. The normalized spacial score (nSPS) is 10.8. The number of hydrogen-bond donors (Lipinski definition) is 1. The molecule has 0 saturated heterocycles. The van der Waals surface area contributed by atoms with Crippen LogP contribution >= 0.6 is 0 Å². The largest absolute Gasteiger partial charge is 0.495 e. The number of rotatable bonds is 5. The van der Waals surface area contributed by atoms with Crippen molar-refractivity contribution in [3.05, 3.63) is 78.2 Å². The molecule has 1 N–H and O–H groups in total. The summed E-state index contributed by atoms with van der Waals surface area (Å²) in [7, 11) is 1.58. The highest BCUT2D eigenvalue weighted by molar-refractivity contribution is 6.05. The van der Waals surface area contributed by atoms with Gasteiger partial charge in [0, 0.05) is 29.7 Å². The molecule has 0 aliphatic carbocycles. The van der Waals surface area contributed by atoms with Crippen molar-refractivity contribution in [2.24, 2.45) is 0 Å². The average Bonchev–Trinajstić information content (AvgIpc) is 3.18. The molecule has 0 spiro atoms. The van der Waals surface area contributed by atoms with Gasteiger partial charge in [0.1, 0.15) is 5.75 Å². The number of aryl methyl sites for hydroxylation is 1. The molecule has 28 heavy (non-hydrogen) atoms. The van der Waals surface area contributed by atoms with Crippen LogP contribution in [0.5, 0.6) is 5.75 Å². The summed E-state index contributed by atoms with van der Waals surface area (Å²) < 4.78 is 7.27. The Morgan fingerprint density at radius 2 is 2.00 bits per heavy atom. The highest BCUT2D eigenvalue weighted by atomic mass is 16.5. The van der Waals surface area contributed by atoms with Crippen molar-refractivity contribution in [1.29, 1.82) is 0 Å². The summed E-state index contributed by atoms with van der Waals surface area (Å²) in [6.45, 7) is 2.08. The van der Waals surface area contributed by atoms with E-state index in [0.717, 1.165) is 17.7 Å². The van der Waals surface area contributed by atoms with Crippen molar-refractivity contribution in [2.75, 3.05) is 12.4 Å². The fourth-order valence-corrected chi connectivity index (χ4v) is 3.02. The molecule has 0 fully saturated rings. The quantitative estimate of drug-likeness (QED) is 0.569. The fourth-order valence-electron chi connectivity index (χ4n) is 3.02. The first-order valence-electron chi connectivity index (χ1n) is 9.06. The Kier molecular flexibility index (Phi) is 4.76. The van der Waals surface area contributed by atoms with Crippen molar-refractivity contribution in [1.82, 2.24) is 14.4 Å². The zero-order valence-corrected chi connectivity index (χ0v) is 15.7. The van der Waals surface area contributed by atoms with E-state index in [2.05, 4.69) is 22.2 Å². The molecular weight excluding hydrogens is 352 g/mol. The van der Waals surface area contributed by atoms with Crippen LogP contribution < -0.4 is 10.1 Å². The summed E-state index contributed by atoms with van der Waals surface area (Å²) >= 11 is 0. The second-order valence-corrected chi connectivity index (χ2v) is 6.37. The molecule has 140 valence electrons. The predicted molar refractivity (Wildman–Crippen MR) is 109 cm³/mol. The van der Waals surface area contributed by atoms with Gasteiger partial charge in [-0.2, -0.15) is 0 Å². The molecule has 2 heterocycles. The van der Waals surface area contributed by atoms with Gasteiger partial charge in [0.15, 0.2) is 0 Å². The standard InChI is InChI=1S/C22H20N4O2/c1-3-15-5-7-16(8-6-15)21(27)24-18-13-17(9-10-20(18)28-2)19-14-26-12-4-11-23-22(26)25-19/h4-14H,3H2,1-2H3,(H,24,27). The van der Waals surface area contributed by atoms with Crippen LogP contribution in [0.15, 0.2) is 67.1 Å². The summed E-state index contributed by atoms with van der Waals surface area (Å²) in [5.74, 6) is 1.02. The molecular formula is C22H20N4O2. The van der Waals surface area contributed by atoms with E-state index in [1.807, 2.05) is 65.3 Å². The first-order valence-corrected chi connectivity index (χ1v) is 9.06. The maximum atomic E-state index is 12.7. The van der Waals surface area contributed by atoms with Gasteiger partial charge in [-0.25, -0.2) is 9.97 Å². The molecule has 0 bridgehead atoms. The van der Waals surface area contributed by atoms with Gasteiger partial charge in [-0.3, -0.25) is 9.20 Å². The van der Waals surface area contributed by atoms with Gasteiger partial charge in [-0.15, -0.1) is 0 Å². The molecule has 0 atom stereocenters. The van der Waals surface area contributed by atoms with Crippen LogP contribution in [-0.2, 0) is 6.42 Å². The minimum absolute atomic E-state index is 0.185. The Hall–Kier alpha value is -3.67. The van der Waals surface area contributed by atoms with E-state index in [9.17, 15) is 4.79 Å². The highest BCUT2D eigenvalue weighted by Gasteiger charge is 2.13. The van der Waals surface area contributed by atoms with E-state index in [1.54, 1.807) is 13.3 Å². The van der Waals surface area contributed by atoms with E-state index >= 15 is 0 Å². The number of nitrogens with zero attached hydrogens (tertiary/aromatic N) is 3. The maximum absolute atomic E-state index is 12.7. The second-order valence-electron chi connectivity index (χ2n) is 6.37. The Morgan fingerprint density at radius 1 is 1.18 bits per heavy atom. The molecule has 0 radical (unpaired) electrons. The number of amides is 1. The molecule has 0 saturated carbocycles. The number of methoxy groups -OCH3 is 1. The molecule has 4 aromatic rings. The molecule has 0 aliphatic rings. The third-order valence-electron chi connectivity index (χ3n) is 4.60. The lowest BCUT2D eigenvalue weighted by molar-refractivity contribution is 0.102. The van der Waals surface area contributed by atoms with Crippen molar-refractivity contribution >= 4 is 17.4 Å². The molecule has 6 heteroatoms. The van der Waals surface area contributed by atoms with E-state index < -0.39 is 0 Å². The Balaban J connectivity index is 1.65. The van der Waals surface area contributed by atoms with Gasteiger partial charge in [0.05, 0.1) is 18.5 Å². The van der Waals surface area contributed by atoms with Crippen LogP contribution in [0.2, 0.25) is 0 Å². The van der Waals surface area contributed by atoms with Crippen molar-refractivity contribution < 1.29 is 9.53 Å². The van der Waals surface area contributed by atoms with Crippen LogP contribution in [0.1, 0.15) is 22.8 Å². The number of carbonyl (C=O) groups is 1. The smallest absolute Gasteiger partial charge is 0.255 e. The molecule has 2 aromatic carbocycles. The van der Waals surface area contributed by atoms with E-state index in [0.29, 0.717) is 22.8 Å². The molecule has 1 amide bonds. The number of carbonyl (C=O) groups excluding carboxylic acids is 1. The zero-order chi connectivity index (χ0) is 19.5. The number of anilines is 1. The summed E-state index contributed by atoms with van der Waals surface area (Å²) in [6.07, 6.45) is 6.44. The Morgan fingerprint density at radius 3 is 2.71 bits per heavy atom. The number of imidazole rings is 1. The number of aromatic nitrogens is 3. The first kappa shape index (κ1) is 17.7. The Labute approximate surface area is 162 Å². The molecule has 2 aromatic heterocycles. The van der Waals surface area contributed by atoms with Gasteiger partial charge >= 0.3 is 0 Å². The van der Waals surface area contributed by atoms with Crippen molar-refractivity contribution in [3.8, 4) is 17.0 Å².